The van der Waals surface area contributed by atoms with Gasteiger partial charge in [0.1, 0.15) is 17.3 Å². The van der Waals surface area contributed by atoms with Crippen LogP contribution in [0.5, 0.6) is 11.5 Å². The van der Waals surface area contributed by atoms with Gasteiger partial charge in [-0.15, -0.1) is 0 Å². The third-order valence-electron chi connectivity index (χ3n) is 4.18. The number of H-pyrrole nitrogens is 2. The Hall–Kier alpha value is -3.16. The number of nitrogens with one attached hydrogen (secondary N) is 3. The molecule has 0 unspecified atom stereocenters. The Bertz CT molecular complexity index is 993. The van der Waals surface area contributed by atoms with E-state index in [0.717, 1.165) is 46.2 Å². The summed E-state index contributed by atoms with van der Waals surface area (Å²) in [5.74, 6) is 2.42. The number of nitrogens with zero attached hydrogens (tertiary/aromatic N) is 2. The maximum Gasteiger partial charge on any atom is 0.129 e. The number of hydrogen-bond acceptors (Lipinski definition) is 5. The normalized spacial score (nSPS) is 11.1. The number of aromatic amines is 2. The highest BCUT2D eigenvalue weighted by molar-refractivity contribution is 5.77. The van der Waals surface area contributed by atoms with Gasteiger partial charge < -0.3 is 19.8 Å². The minimum Gasteiger partial charge on any atom is -0.457 e. The molecule has 0 amide bonds. The van der Waals surface area contributed by atoms with Gasteiger partial charge in [-0.05, 0) is 48.0 Å². The monoisotopic (exact) mass is 363 g/mol. The van der Waals surface area contributed by atoms with Crippen LogP contribution in [-0.2, 0) is 11.3 Å². The lowest BCUT2D eigenvalue weighted by Gasteiger charge is -2.06. The van der Waals surface area contributed by atoms with Crippen LogP contribution in [0.4, 0.5) is 0 Å². The van der Waals surface area contributed by atoms with Gasteiger partial charge in [-0.2, -0.15) is 5.10 Å². The first-order valence-corrected chi connectivity index (χ1v) is 8.78. The second kappa shape index (κ2) is 8.03. The van der Waals surface area contributed by atoms with E-state index in [0.29, 0.717) is 13.2 Å². The highest BCUT2D eigenvalue weighted by Gasteiger charge is 2.06. The van der Waals surface area contributed by atoms with Crippen molar-refractivity contribution in [1.82, 2.24) is 25.5 Å². The van der Waals surface area contributed by atoms with Crippen molar-refractivity contribution in [2.24, 2.45) is 0 Å². The zero-order valence-electron chi connectivity index (χ0n) is 15.0. The molecule has 7 heteroatoms. The van der Waals surface area contributed by atoms with Gasteiger partial charge in [0.05, 0.1) is 29.9 Å². The number of aromatic nitrogens is 4. The van der Waals surface area contributed by atoms with Gasteiger partial charge in [0, 0.05) is 25.9 Å². The molecule has 0 aliphatic heterocycles. The summed E-state index contributed by atoms with van der Waals surface area (Å²) in [7, 11) is 1.69. The average Bonchev–Trinajstić information content (AvgIpc) is 3.35. The highest BCUT2D eigenvalue weighted by Crippen LogP contribution is 2.27. The highest BCUT2D eigenvalue weighted by atomic mass is 16.5. The summed E-state index contributed by atoms with van der Waals surface area (Å²) in [6.07, 6.45) is 1.74. The Kier molecular flexibility index (Phi) is 5.13. The largest absolute Gasteiger partial charge is 0.457 e. The summed E-state index contributed by atoms with van der Waals surface area (Å²) in [6, 6.07) is 15.7. The van der Waals surface area contributed by atoms with Crippen LogP contribution >= 0.6 is 0 Å². The van der Waals surface area contributed by atoms with Gasteiger partial charge in [0.25, 0.3) is 0 Å². The molecule has 0 bridgehead atoms. The van der Waals surface area contributed by atoms with Crippen molar-refractivity contribution in [3.8, 4) is 22.8 Å². The summed E-state index contributed by atoms with van der Waals surface area (Å²) in [6.45, 7) is 2.14. The average molecular weight is 363 g/mol. The van der Waals surface area contributed by atoms with E-state index < -0.39 is 0 Å². The smallest absolute Gasteiger partial charge is 0.129 e. The molecule has 0 atom stereocenters. The van der Waals surface area contributed by atoms with E-state index >= 15 is 0 Å². The number of imidazole rings is 1. The molecule has 3 N–H and O–H groups in total. The molecule has 0 saturated heterocycles. The second-order valence-electron chi connectivity index (χ2n) is 6.13. The molecule has 4 rings (SSSR count). The third-order valence-corrected chi connectivity index (χ3v) is 4.18. The Balaban J connectivity index is 1.44. The summed E-state index contributed by atoms with van der Waals surface area (Å²) in [5.41, 5.74) is 3.91. The van der Waals surface area contributed by atoms with Crippen LogP contribution < -0.4 is 10.1 Å². The van der Waals surface area contributed by atoms with Crippen LogP contribution in [0, 0.1) is 0 Å². The molecule has 2 heterocycles. The van der Waals surface area contributed by atoms with Gasteiger partial charge in [-0.25, -0.2) is 4.98 Å². The van der Waals surface area contributed by atoms with E-state index in [1.165, 1.54) is 0 Å². The zero-order valence-corrected chi connectivity index (χ0v) is 15.0. The molecule has 0 aliphatic rings. The Morgan fingerprint density at radius 3 is 2.67 bits per heavy atom. The van der Waals surface area contributed by atoms with Crippen LogP contribution in [-0.4, -0.2) is 40.4 Å². The molecule has 0 spiro atoms. The van der Waals surface area contributed by atoms with Crippen molar-refractivity contribution in [3.05, 3.63) is 60.6 Å². The van der Waals surface area contributed by atoms with Crippen LogP contribution in [0.25, 0.3) is 22.3 Å². The van der Waals surface area contributed by atoms with Gasteiger partial charge in [-0.3, -0.25) is 5.10 Å². The molecule has 0 saturated carbocycles. The van der Waals surface area contributed by atoms with Crippen LogP contribution in [0.2, 0.25) is 0 Å². The molecule has 7 nitrogen and oxygen atoms in total. The quantitative estimate of drug-likeness (QED) is 0.417. The Morgan fingerprint density at radius 2 is 1.89 bits per heavy atom. The molecule has 2 aromatic carbocycles. The van der Waals surface area contributed by atoms with Gasteiger partial charge in [0.15, 0.2) is 0 Å². The number of ether oxygens (including phenoxy) is 2. The zero-order chi connectivity index (χ0) is 18.5. The lowest BCUT2D eigenvalue weighted by atomic mass is 10.1. The molecule has 138 valence electrons. The summed E-state index contributed by atoms with van der Waals surface area (Å²) in [5, 5.41) is 10.2. The van der Waals surface area contributed by atoms with E-state index in [4.69, 9.17) is 9.47 Å². The predicted octanol–water partition coefficient (Wildman–Crippen LogP) is 3.48. The first kappa shape index (κ1) is 17.3. The van der Waals surface area contributed by atoms with Crippen molar-refractivity contribution in [2.45, 2.75) is 6.54 Å². The summed E-state index contributed by atoms with van der Waals surface area (Å²) in [4.78, 5) is 7.92. The maximum absolute atomic E-state index is 5.97. The predicted molar refractivity (Wildman–Crippen MR) is 104 cm³/mol. The fourth-order valence-corrected chi connectivity index (χ4v) is 2.82. The van der Waals surface area contributed by atoms with Crippen LogP contribution in [0.1, 0.15) is 5.82 Å². The van der Waals surface area contributed by atoms with Crippen molar-refractivity contribution >= 4 is 11.0 Å². The number of hydrogen-bond donors (Lipinski definition) is 3. The van der Waals surface area contributed by atoms with Crippen molar-refractivity contribution in [1.29, 1.82) is 0 Å². The number of benzene rings is 2. The van der Waals surface area contributed by atoms with E-state index in [-0.39, 0.29) is 0 Å². The molecule has 4 aromatic rings. The minimum absolute atomic E-state index is 0.670. The van der Waals surface area contributed by atoms with E-state index in [1.807, 2.05) is 48.5 Å². The maximum atomic E-state index is 5.97. The van der Waals surface area contributed by atoms with E-state index in [2.05, 4.69) is 25.5 Å². The molecule has 0 radical (unpaired) electrons. The number of methoxy groups -OCH3 is 1. The fraction of sp³-hybridized carbons (Fsp3) is 0.200. The summed E-state index contributed by atoms with van der Waals surface area (Å²) >= 11 is 0. The first-order valence-electron chi connectivity index (χ1n) is 8.78. The molecule has 2 aromatic heterocycles. The minimum atomic E-state index is 0.670. The van der Waals surface area contributed by atoms with Crippen LogP contribution in [0.3, 0.4) is 0 Å². The summed E-state index contributed by atoms with van der Waals surface area (Å²) < 4.78 is 11.0. The second-order valence-corrected chi connectivity index (χ2v) is 6.13. The molecule has 0 aliphatic carbocycles. The first-order chi connectivity index (χ1) is 13.3. The third kappa shape index (κ3) is 4.16. The molecular weight excluding hydrogens is 342 g/mol. The van der Waals surface area contributed by atoms with Crippen molar-refractivity contribution < 1.29 is 9.47 Å². The topological polar surface area (TPSA) is 87.8 Å². The Labute approximate surface area is 156 Å². The van der Waals surface area contributed by atoms with E-state index in [9.17, 15) is 0 Å². The lowest BCUT2D eigenvalue weighted by Crippen LogP contribution is -2.19. The standard InChI is InChI=1S/C20H21N5O2/c1-26-11-10-21-13-20-23-18-7-6-16(12-19(18)24-20)27-15-4-2-14(3-5-15)17-8-9-22-25-17/h2-9,12,21H,10-11,13H2,1H3,(H,22,25)(H,23,24). The number of fused-ring (bicyclic) bond motifs is 1. The lowest BCUT2D eigenvalue weighted by molar-refractivity contribution is 0.199. The van der Waals surface area contributed by atoms with Crippen molar-refractivity contribution in [3.63, 3.8) is 0 Å². The van der Waals surface area contributed by atoms with Crippen LogP contribution in [0.15, 0.2) is 54.7 Å². The molecule has 0 fully saturated rings. The molecular formula is C20H21N5O2. The number of rotatable bonds is 8. The fourth-order valence-electron chi connectivity index (χ4n) is 2.82. The van der Waals surface area contributed by atoms with E-state index in [1.54, 1.807) is 13.3 Å². The Morgan fingerprint density at radius 1 is 1.04 bits per heavy atom. The molecule has 27 heavy (non-hydrogen) atoms. The van der Waals surface area contributed by atoms with Gasteiger partial charge >= 0.3 is 0 Å². The SMILES string of the molecule is COCCNCc1nc2cc(Oc3ccc(-c4ccn[nH]4)cc3)ccc2[nH]1. The van der Waals surface area contributed by atoms with Gasteiger partial charge in [-0.1, -0.05) is 0 Å². The van der Waals surface area contributed by atoms with Crippen molar-refractivity contribution in [2.75, 3.05) is 20.3 Å². The van der Waals surface area contributed by atoms with Gasteiger partial charge in [0.2, 0.25) is 0 Å².